The lowest BCUT2D eigenvalue weighted by atomic mass is 10.1. The Kier molecular flexibility index (Phi) is 5.90. The molecule has 124 valence electrons. The lowest BCUT2D eigenvalue weighted by Crippen LogP contribution is -2.42. The molecule has 5 heteroatoms. The minimum atomic E-state index is -0.659. The average molecular weight is 319 g/mol. The molecule has 1 aliphatic rings. The number of rotatable bonds is 7. The van der Waals surface area contributed by atoms with E-state index < -0.39 is 12.0 Å². The van der Waals surface area contributed by atoms with Crippen molar-refractivity contribution in [3.63, 3.8) is 0 Å². The normalized spacial score (nSPS) is 21.0. The smallest absolute Gasteiger partial charge is 0.328 e. The van der Waals surface area contributed by atoms with E-state index >= 15 is 0 Å². The first-order valence-corrected chi connectivity index (χ1v) is 7.90. The molecular weight excluding hydrogens is 297 g/mol. The number of carbonyl (C=O) groups is 2. The summed E-state index contributed by atoms with van der Waals surface area (Å²) in [7, 11) is 0. The van der Waals surface area contributed by atoms with Gasteiger partial charge in [-0.05, 0) is 50.3 Å². The predicted molar refractivity (Wildman–Crippen MR) is 85.2 cm³/mol. The van der Waals surface area contributed by atoms with Crippen LogP contribution < -0.4 is 5.32 Å². The van der Waals surface area contributed by atoms with Crippen molar-refractivity contribution in [1.29, 1.82) is 0 Å². The predicted octanol–water partition coefficient (Wildman–Crippen LogP) is 2.94. The van der Waals surface area contributed by atoms with Crippen LogP contribution in [0.2, 0.25) is 0 Å². The SMILES string of the molecule is CC=CCC(NC(=O)C1CC1c1ccc(F)cc1)C(=O)OCC. The number of hydrogen-bond donors (Lipinski definition) is 1. The molecule has 1 fully saturated rings. The van der Waals surface area contributed by atoms with Gasteiger partial charge < -0.3 is 10.1 Å². The number of amides is 1. The molecule has 1 N–H and O–H groups in total. The Bertz CT molecular complexity index is 582. The monoisotopic (exact) mass is 319 g/mol. The second kappa shape index (κ2) is 7.90. The molecule has 23 heavy (non-hydrogen) atoms. The Labute approximate surface area is 135 Å². The third kappa shape index (κ3) is 4.65. The molecule has 1 aromatic carbocycles. The summed E-state index contributed by atoms with van der Waals surface area (Å²) in [6.07, 6.45) is 4.79. The summed E-state index contributed by atoms with van der Waals surface area (Å²) in [4.78, 5) is 24.2. The summed E-state index contributed by atoms with van der Waals surface area (Å²) in [6.45, 7) is 3.87. The number of halogens is 1. The Morgan fingerprint density at radius 3 is 2.70 bits per heavy atom. The fourth-order valence-corrected chi connectivity index (χ4v) is 2.57. The molecule has 1 amide bonds. The van der Waals surface area contributed by atoms with Crippen molar-refractivity contribution in [3.8, 4) is 0 Å². The topological polar surface area (TPSA) is 55.4 Å². The number of allylic oxidation sites excluding steroid dienone is 1. The van der Waals surface area contributed by atoms with Crippen LogP contribution >= 0.6 is 0 Å². The zero-order valence-corrected chi connectivity index (χ0v) is 13.4. The van der Waals surface area contributed by atoms with Gasteiger partial charge in [0.1, 0.15) is 11.9 Å². The second-order valence-corrected chi connectivity index (χ2v) is 5.62. The Morgan fingerprint density at radius 1 is 1.39 bits per heavy atom. The molecule has 0 bridgehead atoms. The van der Waals surface area contributed by atoms with Crippen molar-refractivity contribution >= 4 is 11.9 Å². The molecule has 2 rings (SSSR count). The van der Waals surface area contributed by atoms with Crippen LogP contribution in [-0.4, -0.2) is 24.5 Å². The van der Waals surface area contributed by atoms with Crippen LogP contribution in [0.5, 0.6) is 0 Å². The first-order valence-electron chi connectivity index (χ1n) is 7.90. The first-order chi connectivity index (χ1) is 11.1. The van der Waals surface area contributed by atoms with Gasteiger partial charge in [-0.1, -0.05) is 24.3 Å². The molecule has 3 unspecified atom stereocenters. The van der Waals surface area contributed by atoms with Crippen LogP contribution in [0.1, 0.15) is 38.2 Å². The van der Waals surface area contributed by atoms with Gasteiger partial charge in [-0.15, -0.1) is 0 Å². The van der Waals surface area contributed by atoms with Crippen molar-refractivity contribution in [2.45, 2.75) is 38.6 Å². The maximum Gasteiger partial charge on any atom is 0.328 e. The Balaban J connectivity index is 1.94. The van der Waals surface area contributed by atoms with Crippen molar-refractivity contribution < 1.29 is 18.7 Å². The molecule has 1 aromatic rings. The highest BCUT2D eigenvalue weighted by atomic mass is 19.1. The quantitative estimate of drug-likeness (QED) is 0.621. The molecular formula is C18H22FNO3. The molecule has 0 heterocycles. The minimum absolute atomic E-state index is 0.0974. The number of esters is 1. The second-order valence-electron chi connectivity index (χ2n) is 5.62. The van der Waals surface area contributed by atoms with Crippen LogP contribution in [0.4, 0.5) is 4.39 Å². The number of nitrogens with one attached hydrogen (secondary N) is 1. The van der Waals surface area contributed by atoms with Gasteiger partial charge in [0.25, 0.3) is 0 Å². The summed E-state index contributed by atoms with van der Waals surface area (Å²) >= 11 is 0. The van der Waals surface area contributed by atoms with E-state index in [9.17, 15) is 14.0 Å². The van der Waals surface area contributed by atoms with Gasteiger partial charge in [-0.25, -0.2) is 9.18 Å². The highest BCUT2D eigenvalue weighted by molar-refractivity contribution is 5.88. The van der Waals surface area contributed by atoms with E-state index in [4.69, 9.17) is 4.74 Å². The van der Waals surface area contributed by atoms with Gasteiger partial charge in [-0.3, -0.25) is 4.79 Å². The standard InChI is InChI=1S/C18H22FNO3/c1-3-5-6-16(18(22)23-4-2)20-17(21)15-11-14(15)12-7-9-13(19)10-8-12/h3,5,7-10,14-16H,4,6,11H2,1-2H3,(H,20,21). The Hall–Kier alpha value is -2.17. The van der Waals surface area contributed by atoms with Crippen LogP contribution in [0.25, 0.3) is 0 Å². The zero-order chi connectivity index (χ0) is 16.8. The van der Waals surface area contributed by atoms with Crippen molar-refractivity contribution in [2.24, 2.45) is 5.92 Å². The van der Waals surface area contributed by atoms with Gasteiger partial charge in [0.15, 0.2) is 0 Å². The third-order valence-electron chi connectivity index (χ3n) is 3.92. The van der Waals surface area contributed by atoms with E-state index in [0.29, 0.717) is 6.42 Å². The van der Waals surface area contributed by atoms with Crippen LogP contribution in [0, 0.1) is 11.7 Å². The van der Waals surface area contributed by atoms with Gasteiger partial charge in [0.05, 0.1) is 6.61 Å². The van der Waals surface area contributed by atoms with Gasteiger partial charge >= 0.3 is 5.97 Å². The molecule has 4 nitrogen and oxygen atoms in total. The molecule has 0 aliphatic heterocycles. The van der Waals surface area contributed by atoms with Crippen molar-refractivity contribution in [3.05, 3.63) is 47.8 Å². The van der Waals surface area contributed by atoms with E-state index in [1.165, 1.54) is 12.1 Å². The maximum absolute atomic E-state index is 12.9. The van der Waals surface area contributed by atoms with Crippen molar-refractivity contribution in [2.75, 3.05) is 6.61 Å². The third-order valence-corrected chi connectivity index (χ3v) is 3.92. The molecule has 0 aromatic heterocycles. The fraction of sp³-hybridized carbons (Fsp3) is 0.444. The summed E-state index contributed by atoms with van der Waals surface area (Å²) in [5.74, 6) is -0.924. The summed E-state index contributed by atoms with van der Waals surface area (Å²) in [5, 5.41) is 2.77. The lowest BCUT2D eigenvalue weighted by molar-refractivity contribution is -0.147. The molecule has 3 atom stereocenters. The number of carbonyl (C=O) groups excluding carboxylic acids is 2. The van der Waals surface area contributed by atoms with Crippen LogP contribution in [-0.2, 0) is 14.3 Å². The van der Waals surface area contributed by atoms with Crippen molar-refractivity contribution in [1.82, 2.24) is 5.32 Å². The largest absolute Gasteiger partial charge is 0.464 e. The molecule has 0 saturated heterocycles. The average Bonchev–Trinajstić information content (AvgIpc) is 3.32. The molecule has 0 spiro atoms. The number of benzene rings is 1. The lowest BCUT2D eigenvalue weighted by Gasteiger charge is -2.15. The fourth-order valence-electron chi connectivity index (χ4n) is 2.57. The number of hydrogen-bond acceptors (Lipinski definition) is 3. The van der Waals surface area contributed by atoms with Crippen LogP contribution in [0.15, 0.2) is 36.4 Å². The van der Waals surface area contributed by atoms with E-state index in [0.717, 1.165) is 12.0 Å². The number of ether oxygens (including phenoxy) is 1. The highest BCUT2D eigenvalue weighted by Gasteiger charge is 2.44. The first kappa shape index (κ1) is 17.2. The highest BCUT2D eigenvalue weighted by Crippen LogP contribution is 2.47. The molecule has 1 saturated carbocycles. The molecule has 1 aliphatic carbocycles. The van der Waals surface area contributed by atoms with E-state index in [-0.39, 0.29) is 30.2 Å². The van der Waals surface area contributed by atoms with E-state index in [1.807, 2.05) is 19.1 Å². The summed E-state index contributed by atoms with van der Waals surface area (Å²) in [5.41, 5.74) is 0.952. The van der Waals surface area contributed by atoms with E-state index in [1.54, 1.807) is 19.1 Å². The summed E-state index contributed by atoms with van der Waals surface area (Å²) in [6, 6.07) is 5.55. The minimum Gasteiger partial charge on any atom is -0.464 e. The van der Waals surface area contributed by atoms with Crippen LogP contribution in [0.3, 0.4) is 0 Å². The van der Waals surface area contributed by atoms with Gasteiger partial charge in [0.2, 0.25) is 5.91 Å². The Morgan fingerprint density at radius 2 is 2.09 bits per heavy atom. The van der Waals surface area contributed by atoms with E-state index in [2.05, 4.69) is 5.32 Å². The maximum atomic E-state index is 12.9. The molecule has 0 radical (unpaired) electrons. The van der Waals surface area contributed by atoms with Gasteiger partial charge in [0, 0.05) is 5.92 Å². The van der Waals surface area contributed by atoms with Gasteiger partial charge in [-0.2, -0.15) is 0 Å². The zero-order valence-electron chi connectivity index (χ0n) is 13.4. The summed E-state index contributed by atoms with van der Waals surface area (Å²) < 4.78 is 17.9.